The predicted molar refractivity (Wildman–Crippen MR) is 169 cm³/mol. The molecule has 1 aromatic carbocycles. The van der Waals surface area contributed by atoms with Crippen LogP contribution in [0.3, 0.4) is 0 Å². The number of carbonyl (C=O) groups excluding carboxylic acids is 4. The summed E-state index contributed by atoms with van der Waals surface area (Å²) in [6, 6.07) is 0.330. The van der Waals surface area contributed by atoms with Gasteiger partial charge >= 0.3 is 5.97 Å². The minimum absolute atomic E-state index is 0.0197. The van der Waals surface area contributed by atoms with Gasteiger partial charge < -0.3 is 53.4 Å². The maximum atomic E-state index is 13.8. The number of rotatable bonds is 17. The van der Waals surface area contributed by atoms with E-state index in [1.54, 1.807) is 12.1 Å². The minimum atomic E-state index is -1.56. The highest BCUT2D eigenvalue weighted by molar-refractivity contribution is 5.96. The summed E-state index contributed by atoms with van der Waals surface area (Å²) < 4.78 is 0. The van der Waals surface area contributed by atoms with Crippen molar-refractivity contribution in [2.24, 2.45) is 28.1 Å². The first-order valence-electron chi connectivity index (χ1n) is 15.3. The summed E-state index contributed by atoms with van der Waals surface area (Å²) in [7, 11) is 0. The number of aliphatic hydroxyl groups is 1. The number of phenolic OH excluding ortho intramolecular Hbond substituents is 1. The van der Waals surface area contributed by atoms with Crippen LogP contribution < -0.4 is 33.2 Å². The highest BCUT2D eigenvalue weighted by atomic mass is 16.4. The molecular weight excluding hydrogens is 600 g/mol. The number of carboxylic acids is 1. The number of benzene rings is 1. The zero-order chi connectivity index (χ0) is 34.6. The summed E-state index contributed by atoms with van der Waals surface area (Å²) in [5.74, 6) is -4.05. The van der Waals surface area contributed by atoms with Gasteiger partial charge in [-0.25, -0.2) is 4.79 Å². The van der Waals surface area contributed by atoms with E-state index in [1.807, 2.05) is 13.8 Å². The molecular formula is C30H48N8O8. The van der Waals surface area contributed by atoms with E-state index in [0.717, 1.165) is 0 Å². The maximum Gasteiger partial charge on any atom is 0.328 e. The number of nitrogens with one attached hydrogen (secondary N) is 3. The fourth-order valence-electron chi connectivity index (χ4n) is 5.11. The zero-order valence-corrected chi connectivity index (χ0v) is 26.5. The number of carboxylic acid groups (broad SMARTS) is 1. The lowest BCUT2D eigenvalue weighted by molar-refractivity contribution is -0.147. The van der Waals surface area contributed by atoms with Gasteiger partial charge in [0.2, 0.25) is 23.6 Å². The number of nitrogens with two attached hydrogens (primary N) is 3. The molecule has 0 bridgehead atoms. The number of aromatic hydroxyl groups is 1. The van der Waals surface area contributed by atoms with Gasteiger partial charge in [0, 0.05) is 19.5 Å². The molecule has 0 unspecified atom stereocenters. The van der Waals surface area contributed by atoms with Crippen molar-refractivity contribution in [3.05, 3.63) is 29.8 Å². The minimum Gasteiger partial charge on any atom is -0.508 e. The Morgan fingerprint density at radius 1 is 1.00 bits per heavy atom. The molecule has 4 amide bonds. The second-order valence-corrected chi connectivity index (χ2v) is 11.9. The molecule has 16 nitrogen and oxygen atoms in total. The lowest BCUT2D eigenvalue weighted by Crippen LogP contribution is -2.59. The van der Waals surface area contributed by atoms with E-state index in [1.165, 1.54) is 24.0 Å². The second kappa shape index (κ2) is 17.9. The summed E-state index contributed by atoms with van der Waals surface area (Å²) in [6.45, 7) is 5.43. The van der Waals surface area contributed by atoms with Crippen molar-refractivity contribution in [3.8, 4) is 5.75 Å². The smallest absolute Gasteiger partial charge is 0.328 e. The van der Waals surface area contributed by atoms with Crippen molar-refractivity contribution in [2.45, 2.75) is 95.6 Å². The van der Waals surface area contributed by atoms with Gasteiger partial charge in [-0.1, -0.05) is 26.0 Å². The van der Waals surface area contributed by atoms with Crippen molar-refractivity contribution in [2.75, 3.05) is 13.1 Å². The lowest BCUT2D eigenvalue weighted by atomic mass is 10.00. The van der Waals surface area contributed by atoms with Crippen LogP contribution in [-0.4, -0.2) is 105 Å². The fourth-order valence-corrected chi connectivity index (χ4v) is 5.11. The number of aliphatic carboxylic acids is 1. The number of carbonyl (C=O) groups is 5. The summed E-state index contributed by atoms with van der Waals surface area (Å²) in [5, 5.41) is 36.6. The number of hydrogen-bond acceptors (Lipinski definition) is 9. The molecule has 46 heavy (non-hydrogen) atoms. The van der Waals surface area contributed by atoms with E-state index < -0.39 is 65.9 Å². The largest absolute Gasteiger partial charge is 0.508 e. The first-order valence-corrected chi connectivity index (χ1v) is 15.3. The number of amides is 4. The SMILES string of the molecule is CC(C)C[C@H](NC(=O)[C@@H](Cc1ccc(O)cc1)NC(=O)[C@@H](N)CCCN=C(N)N)C(=O)N1CCC[C@@H]1C(=O)N[C@H](C(=O)O)[C@@H](C)O. The Labute approximate surface area is 268 Å². The number of guanidine groups is 1. The highest BCUT2D eigenvalue weighted by Crippen LogP contribution is 2.21. The van der Waals surface area contributed by atoms with Crippen LogP contribution >= 0.6 is 0 Å². The molecule has 1 aliphatic heterocycles. The second-order valence-electron chi connectivity index (χ2n) is 11.9. The molecule has 0 aromatic heterocycles. The molecule has 0 aliphatic carbocycles. The Morgan fingerprint density at radius 2 is 1.63 bits per heavy atom. The Hall–Kier alpha value is -4.44. The number of likely N-dealkylation sites (tertiary alicyclic amines) is 1. The molecule has 1 saturated heterocycles. The van der Waals surface area contributed by atoms with Gasteiger partial charge in [0.05, 0.1) is 12.1 Å². The number of hydrogen-bond donors (Lipinski definition) is 9. The van der Waals surface area contributed by atoms with Crippen LogP contribution in [0.5, 0.6) is 5.75 Å². The molecule has 1 heterocycles. The molecule has 1 aromatic rings. The van der Waals surface area contributed by atoms with Crippen LogP contribution in [0, 0.1) is 5.92 Å². The Balaban J connectivity index is 2.25. The van der Waals surface area contributed by atoms with E-state index in [4.69, 9.17) is 17.2 Å². The molecule has 16 heteroatoms. The Morgan fingerprint density at radius 3 is 2.20 bits per heavy atom. The Kier molecular flexibility index (Phi) is 14.7. The summed E-state index contributed by atoms with van der Waals surface area (Å²) in [5.41, 5.74) is 17.3. The molecule has 6 atom stereocenters. The summed E-state index contributed by atoms with van der Waals surface area (Å²) in [6.07, 6.45) is 0.261. The van der Waals surface area contributed by atoms with Gasteiger partial charge in [-0.05, 0) is 62.6 Å². The number of aliphatic imine (C=N–C) groups is 1. The van der Waals surface area contributed by atoms with Crippen molar-refractivity contribution in [3.63, 3.8) is 0 Å². The van der Waals surface area contributed by atoms with Crippen molar-refractivity contribution >= 4 is 35.6 Å². The summed E-state index contributed by atoms with van der Waals surface area (Å²) >= 11 is 0. The maximum absolute atomic E-state index is 13.8. The molecule has 0 radical (unpaired) electrons. The van der Waals surface area contributed by atoms with Crippen LogP contribution in [0.1, 0.15) is 58.4 Å². The average molecular weight is 649 g/mol. The topological polar surface area (TPSA) is 276 Å². The van der Waals surface area contributed by atoms with E-state index in [2.05, 4.69) is 20.9 Å². The third-order valence-electron chi connectivity index (χ3n) is 7.52. The molecule has 1 aliphatic rings. The number of phenols is 1. The van der Waals surface area contributed by atoms with Crippen LogP contribution in [0.15, 0.2) is 29.3 Å². The van der Waals surface area contributed by atoms with Gasteiger partial charge in [0.1, 0.15) is 23.9 Å². The molecule has 1 fully saturated rings. The third kappa shape index (κ3) is 11.8. The van der Waals surface area contributed by atoms with E-state index >= 15 is 0 Å². The number of aliphatic hydroxyl groups excluding tert-OH is 1. The fraction of sp³-hybridized carbons (Fsp3) is 0.600. The first-order chi connectivity index (χ1) is 21.6. The van der Waals surface area contributed by atoms with Gasteiger partial charge in [-0.15, -0.1) is 0 Å². The average Bonchev–Trinajstić information content (AvgIpc) is 3.47. The first kappa shape index (κ1) is 37.7. The normalized spacial score (nSPS) is 17.7. The monoisotopic (exact) mass is 648 g/mol. The predicted octanol–water partition coefficient (Wildman–Crippen LogP) is -1.73. The van der Waals surface area contributed by atoms with Crippen LogP contribution in [0.4, 0.5) is 0 Å². The van der Waals surface area contributed by atoms with Gasteiger partial charge in [-0.2, -0.15) is 0 Å². The van der Waals surface area contributed by atoms with E-state index in [0.29, 0.717) is 18.4 Å². The van der Waals surface area contributed by atoms with Crippen LogP contribution in [0.25, 0.3) is 0 Å². The highest BCUT2D eigenvalue weighted by Gasteiger charge is 2.40. The van der Waals surface area contributed by atoms with Gasteiger partial charge in [0.15, 0.2) is 12.0 Å². The molecule has 0 saturated carbocycles. The molecule has 0 spiro atoms. The van der Waals surface area contributed by atoms with Gasteiger partial charge in [-0.3, -0.25) is 24.2 Å². The van der Waals surface area contributed by atoms with E-state index in [-0.39, 0.29) is 56.4 Å². The quantitative estimate of drug-likeness (QED) is 0.0520. The molecule has 2 rings (SSSR count). The zero-order valence-electron chi connectivity index (χ0n) is 26.5. The standard InChI is InChI=1S/C30H48N8O8/c1-16(2)14-22(28(44)38-13-5-7-23(38)27(43)37-24(17(3)39)29(45)46)36-26(42)21(15-18-8-10-19(40)11-9-18)35-25(41)20(31)6-4-12-34-30(32)33/h8-11,16-17,20-24,39-40H,4-7,12-15,31H2,1-3H3,(H,35,41)(H,36,42)(H,37,43)(H,45,46)(H4,32,33,34)/t17-,20+,21-,22+,23-,24+/m1/s1. The molecule has 256 valence electrons. The van der Waals surface area contributed by atoms with Crippen LogP contribution in [-0.2, 0) is 30.4 Å². The number of nitrogens with zero attached hydrogens (tertiary/aromatic N) is 2. The van der Waals surface area contributed by atoms with Crippen LogP contribution in [0.2, 0.25) is 0 Å². The molecule has 12 N–H and O–H groups in total. The lowest BCUT2D eigenvalue weighted by Gasteiger charge is -2.31. The van der Waals surface area contributed by atoms with Crippen molar-refractivity contribution in [1.82, 2.24) is 20.9 Å². The third-order valence-corrected chi connectivity index (χ3v) is 7.52. The van der Waals surface area contributed by atoms with Gasteiger partial charge in [0.25, 0.3) is 0 Å². The van der Waals surface area contributed by atoms with Crippen molar-refractivity contribution in [1.29, 1.82) is 0 Å². The van der Waals surface area contributed by atoms with Crippen molar-refractivity contribution < 1.29 is 39.3 Å². The Bertz CT molecular complexity index is 1240. The summed E-state index contributed by atoms with van der Waals surface area (Å²) in [4.78, 5) is 70.3. The van der Waals surface area contributed by atoms with E-state index in [9.17, 15) is 39.3 Å².